The summed E-state index contributed by atoms with van der Waals surface area (Å²) in [6.45, 7) is 2.27. The maximum Gasteiger partial charge on any atom is 0.407 e. The Bertz CT molecular complexity index is 1060. The van der Waals surface area contributed by atoms with Gasteiger partial charge >= 0.3 is 6.09 Å². The van der Waals surface area contributed by atoms with E-state index in [1.54, 1.807) is 24.3 Å². The number of sulfonamides is 1. The average Bonchev–Trinajstić information content (AvgIpc) is 2.81. The van der Waals surface area contributed by atoms with Crippen LogP contribution in [0.25, 0.3) is 0 Å². The highest BCUT2D eigenvalue weighted by atomic mass is 32.2. The van der Waals surface area contributed by atoms with Crippen molar-refractivity contribution in [1.82, 2.24) is 10.2 Å². The Labute approximate surface area is 206 Å². The van der Waals surface area contributed by atoms with E-state index in [9.17, 15) is 18.3 Å². The summed E-state index contributed by atoms with van der Waals surface area (Å²) in [6, 6.07) is 15.0. The molecule has 0 saturated carbocycles. The zero-order valence-corrected chi connectivity index (χ0v) is 20.6. The van der Waals surface area contributed by atoms with Gasteiger partial charge in [0.1, 0.15) is 18.5 Å². The third-order valence-electron chi connectivity index (χ3n) is 5.64. The summed E-state index contributed by atoms with van der Waals surface area (Å²) in [4.78, 5) is 12.5. The molecule has 1 aliphatic heterocycles. The number of rotatable bonds is 12. The van der Waals surface area contributed by atoms with Crippen molar-refractivity contribution in [3.05, 3.63) is 54.1 Å². The fraction of sp³-hybridized carbons (Fsp3) is 0.458. The van der Waals surface area contributed by atoms with Crippen molar-refractivity contribution in [2.75, 3.05) is 49.1 Å². The van der Waals surface area contributed by atoms with Gasteiger partial charge in [-0.05, 0) is 55.6 Å². The second-order valence-electron chi connectivity index (χ2n) is 8.71. The monoisotopic (exact) mass is 506 g/mol. The van der Waals surface area contributed by atoms with Crippen molar-refractivity contribution >= 4 is 27.5 Å². The number of nitrogens with zero attached hydrogens (tertiary/aromatic N) is 1. The van der Waals surface area contributed by atoms with Gasteiger partial charge in [-0.2, -0.15) is 0 Å². The van der Waals surface area contributed by atoms with Gasteiger partial charge in [-0.25, -0.2) is 13.2 Å². The number of anilines is 2. The van der Waals surface area contributed by atoms with Crippen LogP contribution in [0, 0.1) is 0 Å². The molecule has 0 unspecified atom stereocenters. The normalized spacial score (nSPS) is 15.4. The number of ether oxygens (including phenoxy) is 1. The third-order valence-corrected chi connectivity index (χ3v) is 6.25. The van der Waals surface area contributed by atoms with E-state index in [2.05, 4.69) is 27.5 Å². The van der Waals surface area contributed by atoms with Gasteiger partial charge in [0.25, 0.3) is 0 Å². The highest BCUT2D eigenvalue weighted by Crippen LogP contribution is 2.19. The van der Waals surface area contributed by atoms with E-state index in [0.29, 0.717) is 37.6 Å². The Morgan fingerprint density at radius 3 is 2.51 bits per heavy atom. The molecule has 0 aliphatic carbocycles. The molecule has 1 saturated heterocycles. The van der Waals surface area contributed by atoms with Gasteiger partial charge in [0.15, 0.2) is 0 Å². The molecule has 192 valence electrons. The van der Waals surface area contributed by atoms with Gasteiger partial charge in [-0.15, -0.1) is 0 Å². The highest BCUT2D eigenvalue weighted by molar-refractivity contribution is 7.92. The molecule has 1 aliphatic rings. The van der Waals surface area contributed by atoms with Crippen LogP contribution in [0.15, 0.2) is 48.5 Å². The van der Waals surface area contributed by atoms with Crippen molar-refractivity contribution < 1.29 is 28.2 Å². The Morgan fingerprint density at radius 2 is 1.86 bits per heavy atom. The first-order valence-corrected chi connectivity index (χ1v) is 13.5. The van der Waals surface area contributed by atoms with Gasteiger partial charge < -0.3 is 30.5 Å². The lowest BCUT2D eigenvalue weighted by Crippen LogP contribution is -2.41. The Morgan fingerprint density at radius 1 is 1.14 bits per heavy atom. The van der Waals surface area contributed by atoms with Gasteiger partial charge in [-0.1, -0.05) is 18.2 Å². The van der Waals surface area contributed by atoms with Crippen LogP contribution in [0.4, 0.5) is 16.2 Å². The molecule has 11 heteroatoms. The molecule has 0 bridgehead atoms. The minimum atomic E-state index is -3.36. The predicted molar refractivity (Wildman–Crippen MR) is 136 cm³/mol. The van der Waals surface area contributed by atoms with Crippen molar-refractivity contribution in [2.24, 2.45) is 0 Å². The maximum atomic E-state index is 11.3. The molecule has 1 amide bonds. The summed E-state index contributed by atoms with van der Waals surface area (Å²) in [5.41, 5.74) is 2.60. The van der Waals surface area contributed by atoms with Crippen LogP contribution in [0.1, 0.15) is 18.4 Å². The molecule has 1 atom stereocenters. The van der Waals surface area contributed by atoms with E-state index in [-0.39, 0.29) is 12.6 Å². The number of carbonyl (C=O) groups is 1. The van der Waals surface area contributed by atoms with E-state index in [0.717, 1.165) is 31.2 Å². The van der Waals surface area contributed by atoms with Crippen molar-refractivity contribution in [3.8, 4) is 5.75 Å². The van der Waals surface area contributed by atoms with E-state index in [1.165, 1.54) is 10.5 Å². The maximum absolute atomic E-state index is 11.3. The number of hydrogen-bond donors (Lipinski definition) is 5. The van der Waals surface area contributed by atoms with Crippen LogP contribution in [-0.2, 0) is 16.4 Å². The fourth-order valence-corrected chi connectivity index (χ4v) is 4.39. The summed E-state index contributed by atoms with van der Waals surface area (Å²) in [6.07, 6.45) is 1.93. The standard InChI is InChI=1S/C24H34N4O6S/c1-35(32,33)27-21-3-2-4-23(15-21)34-17-22(29)16-25-12-9-18-5-7-19(8-6-18)26-20-10-13-28(14-11-20)24(30)31/h2-8,15,20,22,25-27,29H,9-14,16-17H2,1H3,(H,30,31)/t22-/m0/s1. The molecule has 2 aromatic carbocycles. The number of aliphatic hydroxyl groups excluding tert-OH is 1. The molecule has 3 rings (SSSR count). The molecule has 0 aromatic heterocycles. The van der Waals surface area contributed by atoms with Crippen LogP contribution in [0.5, 0.6) is 5.75 Å². The van der Waals surface area contributed by atoms with Crippen LogP contribution < -0.4 is 20.1 Å². The van der Waals surface area contributed by atoms with Crippen LogP contribution in [0.2, 0.25) is 0 Å². The molecule has 0 radical (unpaired) electrons. The molecule has 1 fully saturated rings. The topological polar surface area (TPSA) is 140 Å². The molecule has 10 nitrogen and oxygen atoms in total. The number of piperidine rings is 1. The SMILES string of the molecule is CS(=O)(=O)Nc1cccc(OC[C@@H](O)CNCCc2ccc(NC3CCN(C(=O)O)CC3)cc2)c1. The number of benzene rings is 2. The molecule has 1 heterocycles. The molecular formula is C24H34N4O6S. The Balaban J connectivity index is 1.31. The third kappa shape index (κ3) is 9.63. The first kappa shape index (κ1) is 26.6. The van der Waals surface area contributed by atoms with Crippen molar-refractivity contribution in [3.63, 3.8) is 0 Å². The summed E-state index contributed by atoms with van der Waals surface area (Å²) < 4.78 is 30.6. The summed E-state index contributed by atoms with van der Waals surface area (Å²) in [5, 5.41) is 25.9. The molecular weight excluding hydrogens is 472 g/mol. The summed E-state index contributed by atoms with van der Waals surface area (Å²) in [7, 11) is -3.36. The predicted octanol–water partition coefficient (Wildman–Crippen LogP) is 2.18. The van der Waals surface area contributed by atoms with E-state index in [1.807, 2.05) is 12.1 Å². The van der Waals surface area contributed by atoms with Crippen LogP contribution >= 0.6 is 0 Å². The second-order valence-corrected chi connectivity index (χ2v) is 10.5. The van der Waals surface area contributed by atoms with Crippen LogP contribution in [0.3, 0.4) is 0 Å². The Kier molecular flexibility index (Phi) is 9.58. The lowest BCUT2D eigenvalue weighted by molar-refractivity contribution is 0.106. The van der Waals surface area contributed by atoms with Crippen molar-refractivity contribution in [1.29, 1.82) is 0 Å². The van der Waals surface area contributed by atoms with Gasteiger partial charge in [0, 0.05) is 37.4 Å². The van der Waals surface area contributed by atoms with Gasteiger partial charge in [-0.3, -0.25) is 4.72 Å². The largest absolute Gasteiger partial charge is 0.491 e. The minimum absolute atomic E-state index is 0.0844. The van der Waals surface area contributed by atoms with Gasteiger partial charge in [0.05, 0.1) is 11.9 Å². The van der Waals surface area contributed by atoms with Gasteiger partial charge in [0.2, 0.25) is 10.0 Å². The number of nitrogens with one attached hydrogen (secondary N) is 3. The van der Waals surface area contributed by atoms with E-state index >= 15 is 0 Å². The zero-order chi connectivity index (χ0) is 25.3. The first-order valence-electron chi connectivity index (χ1n) is 11.6. The fourth-order valence-electron chi connectivity index (χ4n) is 3.83. The number of hydrogen-bond acceptors (Lipinski definition) is 7. The first-order chi connectivity index (χ1) is 16.7. The lowest BCUT2D eigenvalue weighted by Gasteiger charge is -2.31. The zero-order valence-electron chi connectivity index (χ0n) is 19.8. The highest BCUT2D eigenvalue weighted by Gasteiger charge is 2.21. The van der Waals surface area contributed by atoms with Crippen LogP contribution in [-0.4, -0.2) is 80.8 Å². The minimum Gasteiger partial charge on any atom is -0.491 e. The quantitative estimate of drug-likeness (QED) is 0.276. The van der Waals surface area contributed by atoms with E-state index in [4.69, 9.17) is 9.84 Å². The molecule has 0 spiro atoms. The second kappa shape index (κ2) is 12.6. The summed E-state index contributed by atoms with van der Waals surface area (Å²) in [5.74, 6) is 0.471. The molecule has 5 N–H and O–H groups in total. The number of amides is 1. The van der Waals surface area contributed by atoms with E-state index < -0.39 is 22.2 Å². The average molecular weight is 507 g/mol. The Hall–Kier alpha value is -3.02. The number of carboxylic acid groups (broad SMARTS) is 1. The summed E-state index contributed by atoms with van der Waals surface area (Å²) >= 11 is 0. The van der Waals surface area contributed by atoms with Crippen molar-refractivity contribution in [2.45, 2.75) is 31.4 Å². The smallest absolute Gasteiger partial charge is 0.407 e. The number of aliphatic hydroxyl groups is 1. The number of likely N-dealkylation sites (tertiary alicyclic amines) is 1. The molecule has 2 aromatic rings. The molecule has 35 heavy (non-hydrogen) atoms. The lowest BCUT2D eigenvalue weighted by atomic mass is 10.0.